The van der Waals surface area contributed by atoms with E-state index < -0.39 is 10.2 Å². The van der Waals surface area contributed by atoms with Crippen LogP contribution in [0.15, 0.2) is 11.6 Å². The predicted molar refractivity (Wildman–Crippen MR) is 60.7 cm³/mol. The SMILES string of the molecule is CN(C)S(=O)(=O)N1CC(Oc2nccs2)C1. The maximum Gasteiger partial charge on any atom is 0.281 e. The third-order valence-corrected chi connectivity index (χ3v) is 4.81. The van der Waals surface area contributed by atoms with Crippen molar-refractivity contribution < 1.29 is 13.2 Å². The van der Waals surface area contributed by atoms with Crippen LogP contribution < -0.4 is 4.74 Å². The summed E-state index contributed by atoms with van der Waals surface area (Å²) in [5.41, 5.74) is 0. The molecule has 0 N–H and O–H groups in total. The normalized spacial score (nSPS) is 18.7. The van der Waals surface area contributed by atoms with E-state index >= 15 is 0 Å². The highest BCUT2D eigenvalue weighted by molar-refractivity contribution is 7.86. The van der Waals surface area contributed by atoms with Crippen molar-refractivity contribution in [2.45, 2.75) is 6.10 Å². The fraction of sp³-hybridized carbons (Fsp3) is 0.625. The maximum atomic E-state index is 11.6. The van der Waals surface area contributed by atoms with E-state index in [0.29, 0.717) is 18.3 Å². The van der Waals surface area contributed by atoms with Crippen molar-refractivity contribution >= 4 is 21.5 Å². The van der Waals surface area contributed by atoms with Gasteiger partial charge in [-0.05, 0) is 0 Å². The molecule has 8 heteroatoms. The average Bonchev–Trinajstić information content (AvgIpc) is 2.62. The van der Waals surface area contributed by atoms with Crippen LogP contribution in [0.4, 0.5) is 0 Å². The van der Waals surface area contributed by atoms with Gasteiger partial charge in [0.15, 0.2) is 0 Å². The molecule has 0 bridgehead atoms. The lowest BCUT2D eigenvalue weighted by Gasteiger charge is -2.38. The first-order valence-corrected chi connectivity index (χ1v) is 7.01. The van der Waals surface area contributed by atoms with Gasteiger partial charge < -0.3 is 4.74 Å². The van der Waals surface area contributed by atoms with Gasteiger partial charge in [0.1, 0.15) is 6.10 Å². The first-order chi connectivity index (χ1) is 7.50. The van der Waals surface area contributed by atoms with E-state index in [9.17, 15) is 8.42 Å². The Hall–Kier alpha value is -0.700. The van der Waals surface area contributed by atoms with E-state index in [0.717, 1.165) is 0 Å². The van der Waals surface area contributed by atoms with Gasteiger partial charge in [-0.1, -0.05) is 11.3 Å². The first-order valence-electron chi connectivity index (χ1n) is 4.74. The Morgan fingerprint density at radius 2 is 2.25 bits per heavy atom. The minimum absolute atomic E-state index is 0.0825. The molecule has 1 aliphatic heterocycles. The van der Waals surface area contributed by atoms with Crippen molar-refractivity contribution in [3.05, 3.63) is 11.6 Å². The van der Waals surface area contributed by atoms with Crippen molar-refractivity contribution in [2.24, 2.45) is 0 Å². The summed E-state index contributed by atoms with van der Waals surface area (Å²) in [5, 5.41) is 2.41. The van der Waals surface area contributed by atoms with Crippen LogP contribution in [0.3, 0.4) is 0 Å². The Morgan fingerprint density at radius 1 is 1.56 bits per heavy atom. The lowest BCUT2D eigenvalue weighted by atomic mass is 10.2. The van der Waals surface area contributed by atoms with Crippen LogP contribution >= 0.6 is 11.3 Å². The van der Waals surface area contributed by atoms with E-state index in [1.54, 1.807) is 6.20 Å². The Balaban J connectivity index is 1.87. The molecule has 1 saturated heterocycles. The minimum Gasteiger partial charge on any atom is -0.464 e. The Bertz CT molecular complexity index is 437. The quantitative estimate of drug-likeness (QED) is 0.768. The first kappa shape index (κ1) is 11.8. The molecule has 16 heavy (non-hydrogen) atoms. The Labute approximate surface area is 98.6 Å². The van der Waals surface area contributed by atoms with Gasteiger partial charge in [0.25, 0.3) is 15.4 Å². The molecule has 2 rings (SSSR count). The summed E-state index contributed by atoms with van der Waals surface area (Å²) in [6.07, 6.45) is 1.58. The summed E-state index contributed by atoms with van der Waals surface area (Å²) in [6.45, 7) is 0.778. The number of ether oxygens (including phenoxy) is 1. The molecule has 0 atom stereocenters. The second-order valence-corrected chi connectivity index (χ2v) is 6.64. The van der Waals surface area contributed by atoms with Gasteiger partial charge in [-0.3, -0.25) is 0 Å². The van der Waals surface area contributed by atoms with E-state index in [1.165, 1.54) is 34.0 Å². The molecular formula is C8H13N3O3S2. The summed E-state index contributed by atoms with van der Waals surface area (Å²) in [4.78, 5) is 3.98. The highest BCUT2D eigenvalue weighted by Gasteiger charge is 2.38. The van der Waals surface area contributed by atoms with Crippen LogP contribution in [0.1, 0.15) is 0 Å². The molecule has 0 unspecified atom stereocenters. The highest BCUT2D eigenvalue weighted by atomic mass is 32.2. The fourth-order valence-electron chi connectivity index (χ4n) is 1.31. The molecule has 0 radical (unpaired) electrons. The predicted octanol–water partition coefficient (Wildman–Crippen LogP) is 0.0125. The van der Waals surface area contributed by atoms with Gasteiger partial charge in [0.2, 0.25) is 0 Å². The zero-order valence-electron chi connectivity index (χ0n) is 9.03. The zero-order valence-corrected chi connectivity index (χ0v) is 10.7. The summed E-state index contributed by atoms with van der Waals surface area (Å²) in [5.74, 6) is 0. The topological polar surface area (TPSA) is 62.7 Å². The van der Waals surface area contributed by atoms with Gasteiger partial charge in [-0.15, -0.1) is 0 Å². The van der Waals surface area contributed by atoms with Gasteiger partial charge in [-0.25, -0.2) is 4.98 Å². The van der Waals surface area contributed by atoms with E-state index in [-0.39, 0.29) is 6.10 Å². The summed E-state index contributed by atoms with van der Waals surface area (Å²) < 4.78 is 31.3. The van der Waals surface area contributed by atoms with Gasteiger partial charge in [0, 0.05) is 25.7 Å². The van der Waals surface area contributed by atoms with Crippen LogP contribution in [-0.2, 0) is 10.2 Å². The number of rotatable bonds is 4. The Kier molecular flexibility index (Phi) is 3.15. The lowest BCUT2D eigenvalue weighted by Crippen LogP contribution is -2.58. The highest BCUT2D eigenvalue weighted by Crippen LogP contribution is 2.22. The number of nitrogens with zero attached hydrogens (tertiary/aromatic N) is 3. The second kappa shape index (κ2) is 4.28. The van der Waals surface area contributed by atoms with E-state index in [1.807, 2.05) is 5.38 Å². The molecule has 2 heterocycles. The maximum absolute atomic E-state index is 11.6. The third-order valence-electron chi connectivity index (χ3n) is 2.28. The van der Waals surface area contributed by atoms with E-state index in [4.69, 9.17) is 4.74 Å². The molecule has 1 fully saturated rings. The molecule has 1 aliphatic rings. The molecule has 90 valence electrons. The van der Waals surface area contributed by atoms with Crippen molar-refractivity contribution in [3.63, 3.8) is 0 Å². The molecule has 0 spiro atoms. The molecule has 6 nitrogen and oxygen atoms in total. The number of hydrogen-bond acceptors (Lipinski definition) is 5. The monoisotopic (exact) mass is 263 g/mol. The fourth-order valence-corrected chi connectivity index (χ4v) is 3.03. The largest absolute Gasteiger partial charge is 0.464 e. The second-order valence-electron chi connectivity index (χ2n) is 3.65. The summed E-state index contributed by atoms with van der Waals surface area (Å²) in [7, 11) is -0.246. The van der Waals surface area contributed by atoms with Gasteiger partial charge >= 0.3 is 0 Å². The number of thiazole rings is 1. The van der Waals surface area contributed by atoms with Crippen molar-refractivity contribution in [1.82, 2.24) is 13.6 Å². The van der Waals surface area contributed by atoms with Gasteiger partial charge in [0.05, 0.1) is 13.1 Å². The molecule has 1 aromatic heterocycles. The van der Waals surface area contributed by atoms with Crippen LogP contribution in [0.5, 0.6) is 5.19 Å². The van der Waals surface area contributed by atoms with Crippen molar-refractivity contribution in [1.29, 1.82) is 0 Å². The average molecular weight is 263 g/mol. The third kappa shape index (κ3) is 2.19. The van der Waals surface area contributed by atoms with Crippen molar-refractivity contribution in [3.8, 4) is 5.19 Å². The minimum atomic E-state index is -3.28. The molecule has 0 aliphatic carbocycles. The molecule has 0 saturated carbocycles. The lowest BCUT2D eigenvalue weighted by molar-refractivity contribution is 0.0725. The molecule has 1 aromatic rings. The molecule has 0 amide bonds. The van der Waals surface area contributed by atoms with Crippen molar-refractivity contribution in [2.75, 3.05) is 27.2 Å². The van der Waals surface area contributed by atoms with Gasteiger partial charge in [-0.2, -0.15) is 17.0 Å². The Morgan fingerprint density at radius 3 is 2.75 bits per heavy atom. The zero-order chi connectivity index (χ0) is 11.8. The molecule has 0 aromatic carbocycles. The van der Waals surface area contributed by atoms with Crippen LogP contribution in [-0.4, -0.2) is 55.3 Å². The smallest absolute Gasteiger partial charge is 0.281 e. The standard InChI is InChI=1S/C8H13N3O3S2/c1-10(2)16(12,13)11-5-7(6-11)14-8-9-3-4-15-8/h3-4,7H,5-6H2,1-2H3. The van der Waals surface area contributed by atoms with Crippen LogP contribution in [0.25, 0.3) is 0 Å². The van der Waals surface area contributed by atoms with Crippen LogP contribution in [0.2, 0.25) is 0 Å². The molecular weight excluding hydrogens is 250 g/mol. The summed E-state index contributed by atoms with van der Waals surface area (Å²) in [6, 6.07) is 0. The number of aromatic nitrogens is 1. The summed E-state index contributed by atoms with van der Waals surface area (Å²) >= 11 is 1.40. The van der Waals surface area contributed by atoms with E-state index in [2.05, 4.69) is 4.98 Å². The number of hydrogen-bond donors (Lipinski definition) is 0. The van der Waals surface area contributed by atoms with Crippen LogP contribution in [0, 0.1) is 0 Å².